The van der Waals surface area contributed by atoms with Gasteiger partial charge < -0.3 is 14.6 Å². The summed E-state index contributed by atoms with van der Waals surface area (Å²) >= 11 is 0. The average molecular weight is 416 g/mol. The van der Waals surface area contributed by atoms with E-state index in [1.807, 2.05) is 0 Å². The van der Waals surface area contributed by atoms with Gasteiger partial charge in [-0.1, -0.05) is 39.3 Å². The summed E-state index contributed by atoms with van der Waals surface area (Å²) in [5.41, 5.74) is 2.43. The Kier molecular flexibility index (Phi) is 4.44. The first-order valence-corrected chi connectivity index (χ1v) is 13.0. The van der Waals surface area contributed by atoms with Gasteiger partial charge in [0.15, 0.2) is 11.9 Å². The lowest BCUT2D eigenvalue weighted by molar-refractivity contribution is -0.272. The van der Waals surface area contributed by atoms with Gasteiger partial charge in [0.2, 0.25) is 0 Å². The smallest absolute Gasteiger partial charge is 0.171 e. The summed E-state index contributed by atoms with van der Waals surface area (Å²) in [5.74, 6) is 4.03. The Labute approximate surface area is 183 Å². The second-order valence-corrected chi connectivity index (χ2v) is 12.7. The van der Waals surface area contributed by atoms with Gasteiger partial charge in [0, 0.05) is 25.2 Å². The molecule has 2 N–H and O–H groups in total. The number of ether oxygens (including phenoxy) is 2. The van der Waals surface area contributed by atoms with Gasteiger partial charge in [-0.25, -0.2) is 0 Å². The van der Waals surface area contributed by atoms with Crippen molar-refractivity contribution in [3.8, 4) is 0 Å². The maximum atomic E-state index is 8.31. The van der Waals surface area contributed by atoms with Crippen LogP contribution in [0.1, 0.15) is 85.5 Å². The Balaban J connectivity index is 1.28. The summed E-state index contributed by atoms with van der Waals surface area (Å²) in [6, 6.07) is 0. The minimum absolute atomic E-state index is 0.143. The van der Waals surface area contributed by atoms with Gasteiger partial charge in [0.1, 0.15) is 0 Å². The molecule has 2 saturated heterocycles. The van der Waals surface area contributed by atoms with E-state index in [1.165, 1.54) is 38.5 Å². The van der Waals surface area contributed by atoms with Crippen LogP contribution in [0.2, 0.25) is 0 Å². The van der Waals surface area contributed by atoms with Crippen LogP contribution in [0.3, 0.4) is 0 Å². The number of fused-ring (bicyclic) bond motifs is 7. The van der Waals surface area contributed by atoms with Crippen molar-refractivity contribution < 1.29 is 14.6 Å². The zero-order valence-corrected chi connectivity index (χ0v) is 19.6. The summed E-state index contributed by atoms with van der Waals surface area (Å²) in [6.07, 6.45) is 14.1. The van der Waals surface area contributed by atoms with Crippen molar-refractivity contribution in [2.24, 2.45) is 46.3 Å². The van der Waals surface area contributed by atoms with Gasteiger partial charge in [0.25, 0.3) is 0 Å². The molecule has 3 heteroatoms. The van der Waals surface area contributed by atoms with E-state index >= 15 is 0 Å². The molecule has 2 heterocycles. The number of hydrogen-bond donors (Lipinski definition) is 0. The number of hydrogen-bond acceptors (Lipinski definition) is 2. The maximum Gasteiger partial charge on any atom is 0.171 e. The van der Waals surface area contributed by atoms with E-state index in [0.29, 0.717) is 34.7 Å². The van der Waals surface area contributed by atoms with E-state index in [2.05, 4.69) is 33.8 Å². The van der Waals surface area contributed by atoms with Crippen LogP contribution in [0.25, 0.3) is 0 Å². The molecule has 3 nitrogen and oxygen atoms in total. The quantitative estimate of drug-likeness (QED) is 0.390. The van der Waals surface area contributed by atoms with E-state index in [9.17, 15) is 0 Å². The lowest BCUT2D eigenvalue weighted by Crippen LogP contribution is -2.52. The van der Waals surface area contributed by atoms with Crippen molar-refractivity contribution in [1.29, 1.82) is 0 Å². The summed E-state index contributed by atoms with van der Waals surface area (Å²) in [6.45, 7) is 10.8. The molecule has 2 aliphatic heterocycles. The lowest BCUT2D eigenvalue weighted by Gasteiger charge is -2.58. The van der Waals surface area contributed by atoms with Crippen LogP contribution in [-0.2, 0) is 9.47 Å². The van der Waals surface area contributed by atoms with Gasteiger partial charge in [0.05, 0.1) is 12.7 Å². The zero-order valence-electron chi connectivity index (χ0n) is 19.6. The number of allylic oxidation sites excluding steroid dienone is 1. The van der Waals surface area contributed by atoms with Crippen LogP contribution in [0.15, 0.2) is 11.6 Å². The Morgan fingerprint density at radius 2 is 1.87 bits per heavy atom. The van der Waals surface area contributed by atoms with Gasteiger partial charge in [-0.2, -0.15) is 0 Å². The second-order valence-electron chi connectivity index (χ2n) is 12.7. The maximum absolute atomic E-state index is 8.31. The predicted octanol–water partition coefficient (Wildman–Crippen LogP) is 5.45. The van der Waals surface area contributed by atoms with Gasteiger partial charge >= 0.3 is 0 Å². The molecular formula is C27H43O3+. The van der Waals surface area contributed by atoms with E-state index in [0.717, 1.165) is 43.6 Å². The Morgan fingerprint density at radius 1 is 1.03 bits per heavy atom. The molecule has 0 aromatic carbocycles. The Bertz CT molecular complexity index is 736. The van der Waals surface area contributed by atoms with Crippen molar-refractivity contribution >= 4 is 0 Å². The predicted molar refractivity (Wildman–Crippen MR) is 119 cm³/mol. The van der Waals surface area contributed by atoms with Crippen LogP contribution in [0.4, 0.5) is 0 Å². The fourth-order valence-electron chi connectivity index (χ4n) is 9.68. The van der Waals surface area contributed by atoms with Crippen molar-refractivity contribution in [1.82, 2.24) is 0 Å². The van der Waals surface area contributed by atoms with Crippen molar-refractivity contribution in [3.63, 3.8) is 0 Å². The zero-order chi connectivity index (χ0) is 20.9. The molecule has 3 saturated carbocycles. The van der Waals surface area contributed by atoms with Crippen LogP contribution >= 0.6 is 0 Å². The van der Waals surface area contributed by atoms with E-state index < -0.39 is 0 Å². The molecule has 0 bridgehead atoms. The topological polar surface area (TPSA) is 41.4 Å². The fourth-order valence-corrected chi connectivity index (χ4v) is 9.68. The lowest BCUT2D eigenvalue weighted by atomic mass is 9.47. The van der Waals surface area contributed by atoms with Crippen LogP contribution in [0.5, 0.6) is 0 Å². The standard InChI is InChI=1S/C27H42O3/c1-16-7-12-27(29-15-16)17(2)24-23(30-27)14-22-20-6-5-18-13-19(28)8-10-25(18,3)21(20)9-11-26(22,24)4/h5,16-17,19-24,28H,6-15H2,1-4H3/p+1. The molecule has 5 fully saturated rings. The average Bonchev–Trinajstić information content (AvgIpc) is 3.16. The Morgan fingerprint density at radius 3 is 2.63 bits per heavy atom. The van der Waals surface area contributed by atoms with Crippen LogP contribution in [-0.4, -0.2) is 29.7 Å². The second kappa shape index (κ2) is 6.58. The fraction of sp³-hybridized carbons (Fsp3) is 0.926. The van der Waals surface area contributed by atoms with Gasteiger partial charge in [-0.3, -0.25) is 0 Å². The molecular weight excluding hydrogens is 372 g/mol. The molecule has 4 aliphatic carbocycles. The highest BCUT2D eigenvalue weighted by Crippen LogP contribution is 2.70. The third kappa shape index (κ3) is 2.55. The van der Waals surface area contributed by atoms with Gasteiger partial charge in [-0.15, -0.1) is 0 Å². The molecule has 6 rings (SSSR count). The largest absolute Gasteiger partial charge is 0.443 e. The molecule has 30 heavy (non-hydrogen) atoms. The third-order valence-corrected chi connectivity index (χ3v) is 11.4. The van der Waals surface area contributed by atoms with Crippen LogP contribution in [0, 0.1) is 46.3 Å². The molecule has 1 spiro atoms. The summed E-state index contributed by atoms with van der Waals surface area (Å²) in [4.78, 5) is 0. The van der Waals surface area contributed by atoms with E-state index in [-0.39, 0.29) is 11.9 Å². The highest BCUT2D eigenvalue weighted by molar-refractivity contribution is 5.26. The van der Waals surface area contributed by atoms with Crippen LogP contribution < -0.4 is 0 Å². The molecule has 6 aliphatic rings. The SMILES string of the molecule is CC1CCC2(OC1)OC1CC3C4CC=C5CC([OH2+])CCC5(C)C4CCC3(C)C1C2C. The first-order valence-electron chi connectivity index (χ1n) is 13.0. The monoisotopic (exact) mass is 415 g/mol. The first-order chi connectivity index (χ1) is 14.3. The van der Waals surface area contributed by atoms with E-state index in [4.69, 9.17) is 14.6 Å². The molecule has 0 aromatic rings. The summed E-state index contributed by atoms with van der Waals surface area (Å²) in [5, 5.41) is 8.31. The van der Waals surface area contributed by atoms with E-state index in [1.54, 1.807) is 5.57 Å². The normalized spacial score (nSPS) is 59.8. The minimum atomic E-state index is -0.287. The highest BCUT2D eigenvalue weighted by Gasteiger charge is 2.68. The Hall–Kier alpha value is -0.380. The third-order valence-electron chi connectivity index (χ3n) is 11.4. The molecule has 11 unspecified atom stereocenters. The summed E-state index contributed by atoms with van der Waals surface area (Å²) in [7, 11) is 0. The summed E-state index contributed by atoms with van der Waals surface area (Å²) < 4.78 is 13.4. The van der Waals surface area contributed by atoms with Crippen molar-refractivity contribution in [2.45, 2.75) is 103 Å². The molecule has 0 amide bonds. The minimum Gasteiger partial charge on any atom is -0.443 e. The first kappa shape index (κ1) is 20.2. The van der Waals surface area contributed by atoms with Gasteiger partial charge in [-0.05, 0) is 78.9 Å². The molecule has 11 atom stereocenters. The highest BCUT2D eigenvalue weighted by atomic mass is 16.7. The molecule has 0 radical (unpaired) electrons. The van der Waals surface area contributed by atoms with Crippen molar-refractivity contribution in [2.75, 3.05) is 6.61 Å². The number of rotatable bonds is 0. The van der Waals surface area contributed by atoms with Crippen molar-refractivity contribution in [3.05, 3.63) is 11.6 Å². The molecule has 0 aromatic heterocycles. The molecule has 168 valence electrons.